The Morgan fingerprint density at radius 3 is 2.44 bits per heavy atom. The maximum atomic E-state index is 13.5. The molecule has 0 spiro atoms. The Morgan fingerprint density at radius 1 is 1.08 bits per heavy atom. The summed E-state index contributed by atoms with van der Waals surface area (Å²) in [5.74, 6) is -0.292. The van der Waals surface area contributed by atoms with Gasteiger partial charge < -0.3 is 4.90 Å². The first-order valence-corrected chi connectivity index (χ1v) is 9.59. The molecule has 0 saturated carbocycles. The number of carbonyl (C=O) groups excluding carboxylic acids is 1. The SMILES string of the molecule is O=C1CCCN1c1ccc(S(=O)(=O)NCCc2ccccc2F)cc1. The van der Waals surface area contributed by atoms with E-state index in [0.717, 1.165) is 6.42 Å². The van der Waals surface area contributed by atoms with Crippen molar-refractivity contribution in [2.45, 2.75) is 24.2 Å². The number of benzene rings is 2. The molecule has 5 nitrogen and oxygen atoms in total. The number of halogens is 1. The Labute approximate surface area is 146 Å². The summed E-state index contributed by atoms with van der Waals surface area (Å²) in [6.45, 7) is 0.765. The van der Waals surface area contributed by atoms with Gasteiger partial charge in [-0.05, 0) is 48.7 Å². The molecule has 0 aromatic heterocycles. The molecule has 2 aromatic carbocycles. The topological polar surface area (TPSA) is 66.5 Å². The quantitative estimate of drug-likeness (QED) is 0.858. The van der Waals surface area contributed by atoms with Crippen molar-refractivity contribution in [1.82, 2.24) is 4.72 Å². The minimum absolute atomic E-state index is 0.0543. The summed E-state index contributed by atoms with van der Waals surface area (Å²) in [6, 6.07) is 12.5. The number of carbonyl (C=O) groups is 1. The van der Waals surface area contributed by atoms with Crippen LogP contribution in [0.5, 0.6) is 0 Å². The molecule has 0 aliphatic carbocycles. The van der Waals surface area contributed by atoms with Gasteiger partial charge in [0, 0.05) is 25.2 Å². The predicted octanol–water partition coefficient (Wildman–Crippen LogP) is 2.47. The third-order valence-corrected chi connectivity index (χ3v) is 5.65. The maximum Gasteiger partial charge on any atom is 0.240 e. The molecule has 2 aromatic rings. The average Bonchev–Trinajstić information content (AvgIpc) is 3.03. The van der Waals surface area contributed by atoms with Crippen molar-refractivity contribution in [1.29, 1.82) is 0 Å². The highest BCUT2D eigenvalue weighted by molar-refractivity contribution is 7.89. The zero-order chi connectivity index (χ0) is 17.9. The fourth-order valence-electron chi connectivity index (χ4n) is 2.83. The van der Waals surface area contributed by atoms with Gasteiger partial charge in [-0.1, -0.05) is 18.2 Å². The van der Waals surface area contributed by atoms with Gasteiger partial charge in [-0.15, -0.1) is 0 Å². The van der Waals surface area contributed by atoms with Crippen LogP contribution in [0.2, 0.25) is 0 Å². The molecule has 3 rings (SSSR count). The third kappa shape index (κ3) is 4.05. The van der Waals surface area contributed by atoms with Crippen LogP contribution < -0.4 is 9.62 Å². The van der Waals surface area contributed by atoms with E-state index in [1.165, 1.54) is 18.2 Å². The fourth-order valence-corrected chi connectivity index (χ4v) is 3.86. The third-order valence-electron chi connectivity index (χ3n) is 4.18. The second-order valence-corrected chi connectivity index (χ2v) is 7.65. The van der Waals surface area contributed by atoms with Crippen LogP contribution in [-0.2, 0) is 21.2 Å². The van der Waals surface area contributed by atoms with Crippen LogP contribution in [0.4, 0.5) is 10.1 Å². The molecule has 1 aliphatic rings. The molecule has 0 unspecified atom stereocenters. The smallest absolute Gasteiger partial charge is 0.240 e. The van der Waals surface area contributed by atoms with Crippen LogP contribution in [0.25, 0.3) is 0 Å². The predicted molar refractivity (Wildman–Crippen MR) is 93.3 cm³/mol. The van der Waals surface area contributed by atoms with Crippen LogP contribution in [0.1, 0.15) is 18.4 Å². The van der Waals surface area contributed by atoms with Gasteiger partial charge in [0.15, 0.2) is 0 Å². The minimum Gasteiger partial charge on any atom is -0.312 e. The van der Waals surface area contributed by atoms with Gasteiger partial charge in [-0.25, -0.2) is 17.5 Å². The zero-order valence-electron chi connectivity index (χ0n) is 13.6. The number of anilines is 1. The number of rotatable bonds is 6. The van der Waals surface area contributed by atoms with Crippen molar-refractivity contribution in [2.75, 3.05) is 18.0 Å². The number of sulfonamides is 1. The Kier molecular flexibility index (Phi) is 5.15. The van der Waals surface area contributed by atoms with Gasteiger partial charge in [0.05, 0.1) is 4.90 Å². The minimum atomic E-state index is -3.67. The molecule has 7 heteroatoms. The first-order valence-electron chi connectivity index (χ1n) is 8.11. The lowest BCUT2D eigenvalue weighted by Crippen LogP contribution is -2.26. The van der Waals surface area contributed by atoms with E-state index in [9.17, 15) is 17.6 Å². The normalized spacial score (nSPS) is 14.9. The standard InChI is InChI=1S/C18H19FN2O3S/c19-17-5-2-1-4-14(17)11-12-20-25(23,24)16-9-7-15(8-10-16)21-13-3-6-18(21)22/h1-2,4-5,7-10,20H,3,6,11-13H2. The highest BCUT2D eigenvalue weighted by Gasteiger charge is 2.22. The van der Waals surface area contributed by atoms with Crippen molar-refractivity contribution in [3.63, 3.8) is 0 Å². The monoisotopic (exact) mass is 362 g/mol. The van der Waals surface area contributed by atoms with Gasteiger partial charge in [0.1, 0.15) is 5.82 Å². The van der Waals surface area contributed by atoms with Crippen LogP contribution in [-0.4, -0.2) is 27.4 Å². The van der Waals surface area contributed by atoms with Crippen LogP contribution in [0.3, 0.4) is 0 Å². The van der Waals surface area contributed by atoms with Gasteiger partial charge in [-0.2, -0.15) is 0 Å². The molecule has 1 aliphatic heterocycles. The molecule has 1 saturated heterocycles. The van der Waals surface area contributed by atoms with Crippen LogP contribution in [0.15, 0.2) is 53.4 Å². The number of nitrogens with zero attached hydrogens (tertiary/aromatic N) is 1. The summed E-state index contributed by atoms with van der Waals surface area (Å²) in [6.07, 6.45) is 1.61. The lowest BCUT2D eigenvalue weighted by molar-refractivity contribution is -0.117. The second kappa shape index (κ2) is 7.33. The molecule has 1 fully saturated rings. The molecule has 25 heavy (non-hydrogen) atoms. The molecular weight excluding hydrogens is 343 g/mol. The fraction of sp³-hybridized carbons (Fsp3) is 0.278. The van der Waals surface area contributed by atoms with Crippen molar-refractivity contribution in [3.05, 3.63) is 59.9 Å². The van der Waals surface area contributed by atoms with Crippen LogP contribution in [0, 0.1) is 5.82 Å². The zero-order valence-corrected chi connectivity index (χ0v) is 14.4. The van der Waals surface area contributed by atoms with Gasteiger partial charge in [0.25, 0.3) is 0 Å². The first kappa shape index (κ1) is 17.6. The summed E-state index contributed by atoms with van der Waals surface area (Å²) in [7, 11) is -3.67. The lowest BCUT2D eigenvalue weighted by atomic mass is 10.1. The van der Waals surface area contributed by atoms with E-state index in [1.807, 2.05) is 0 Å². The lowest BCUT2D eigenvalue weighted by Gasteiger charge is -2.16. The van der Waals surface area contributed by atoms with E-state index in [1.54, 1.807) is 35.2 Å². The van der Waals surface area contributed by atoms with Crippen molar-refractivity contribution < 1.29 is 17.6 Å². The average molecular weight is 362 g/mol. The van der Waals surface area contributed by atoms with Gasteiger partial charge >= 0.3 is 0 Å². The van der Waals surface area contributed by atoms with Crippen LogP contribution >= 0.6 is 0 Å². The Morgan fingerprint density at radius 2 is 1.80 bits per heavy atom. The number of hydrogen-bond donors (Lipinski definition) is 1. The summed E-state index contributed by atoms with van der Waals surface area (Å²) in [5.41, 5.74) is 1.17. The molecule has 1 heterocycles. The summed E-state index contributed by atoms with van der Waals surface area (Å²) in [5, 5.41) is 0. The van der Waals surface area contributed by atoms with E-state index in [2.05, 4.69) is 4.72 Å². The Hall–Kier alpha value is -2.25. The summed E-state index contributed by atoms with van der Waals surface area (Å²) in [4.78, 5) is 13.5. The summed E-state index contributed by atoms with van der Waals surface area (Å²) >= 11 is 0. The van der Waals surface area contributed by atoms with Crippen molar-refractivity contribution in [3.8, 4) is 0 Å². The van der Waals surface area contributed by atoms with E-state index >= 15 is 0 Å². The first-order chi connectivity index (χ1) is 12.0. The van der Waals surface area contributed by atoms with E-state index in [0.29, 0.717) is 24.2 Å². The highest BCUT2D eigenvalue weighted by Crippen LogP contribution is 2.22. The number of nitrogens with one attached hydrogen (secondary N) is 1. The largest absolute Gasteiger partial charge is 0.312 e. The molecule has 0 bridgehead atoms. The molecule has 132 valence electrons. The summed E-state index contributed by atoms with van der Waals surface area (Å²) < 4.78 is 40.7. The molecule has 1 amide bonds. The maximum absolute atomic E-state index is 13.5. The van der Waals surface area contributed by atoms with E-state index in [-0.39, 0.29) is 29.6 Å². The van der Waals surface area contributed by atoms with E-state index < -0.39 is 10.0 Å². The van der Waals surface area contributed by atoms with Gasteiger partial charge in [0.2, 0.25) is 15.9 Å². The van der Waals surface area contributed by atoms with Crippen molar-refractivity contribution in [2.24, 2.45) is 0 Å². The number of amides is 1. The Bertz CT molecular complexity index is 866. The van der Waals surface area contributed by atoms with Gasteiger partial charge in [-0.3, -0.25) is 4.79 Å². The Balaban J connectivity index is 1.64. The van der Waals surface area contributed by atoms with E-state index in [4.69, 9.17) is 0 Å². The number of hydrogen-bond acceptors (Lipinski definition) is 3. The second-order valence-electron chi connectivity index (χ2n) is 5.88. The molecule has 0 radical (unpaired) electrons. The molecule has 1 N–H and O–H groups in total. The molecular formula is C18H19FN2O3S. The van der Waals surface area contributed by atoms with Crippen molar-refractivity contribution >= 4 is 21.6 Å². The highest BCUT2D eigenvalue weighted by atomic mass is 32.2. The molecule has 0 atom stereocenters.